The van der Waals surface area contributed by atoms with Gasteiger partial charge in [-0.05, 0) is 18.3 Å². The van der Waals surface area contributed by atoms with Gasteiger partial charge in [0.1, 0.15) is 7.85 Å². The Hall–Kier alpha value is 0.0249. The number of rotatable bonds is 7. The number of unbranched alkanes of at least 4 members (excludes halogenated alkanes) is 4. The first-order valence-electron chi connectivity index (χ1n) is 5.41. The third-order valence-electron chi connectivity index (χ3n) is 2.66. The molecule has 0 rings (SSSR count). The molecule has 1 nitrogen and oxygen atoms in total. The molecule has 0 fully saturated rings. The third kappa shape index (κ3) is 6.72. The van der Waals surface area contributed by atoms with E-state index in [4.69, 9.17) is 5.73 Å². The van der Waals surface area contributed by atoms with Gasteiger partial charge in [-0.1, -0.05) is 46.0 Å². The standard InChI is InChI=1S/C10H24BN/c1-3-5-6-7-8-9-10(11,12)4-2/h3-9,11-12H2,1-2H3. The Kier molecular flexibility index (Phi) is 6.54. The van der Waals surface area contributed by atoms with Gasteiger partial charge in [-0.25, -0.2) is 0 Å². The van der Waals surface area contributed by atoms with Crippen molar-refractivity contribution in [3.8, 4) is 0 Å². The molecule has 0 aromatic carbocycles. The van der Waals surface area contributed by atoms with E-state index in [1.807, 2.05) is 0 Å². The highest BCUT2D eigenvalue weighted by Crippen LogP contribution is 2.13. The summed E-state index contributed by atoms with van der Waals surface area (Å²) in [5.41, 5.74) is 6.12. The Balaban J connectivity index is 3.19. The number of nitrogens with two attached hydrogens (primary N) is 1. The van der Waals surface area contributed by atoms with E-state index in [1.54, 1.807) is 0 Å². The van der Waals surface area contributed by atoms with Crippen LogP contribution in [0.1, 0.15) is 58.8 Å². The van der Waals surface area contributed by atoms with Gasteiger partial charge in [-0.2, -0.15) is 0 Å². The SMILES string of the molecule is BC(N)(CC)CCCCCCC. The van der Waals surface area contributed by atoms with Gasteiger partial charge in [0.2, 0.25) is 0 Å². The van der Waals surface area contributed by atoms with E-state index in [0.29, 0.717) is 0 Å². The van der Waals surface area contributed by atoms with Gasteiger partial charge in [-0.15, -0.1) is 0 Å². The van der Waals surface area contributed by atoms with Crippen LogP contribution in [0, 0.1) is 0 Å². The van der Waals surface area contributed by atoms with Gasteiger partial charge in [0.15, 0.2) is 0 Å². The minimum atomic E-state index is 0.0895. The van der Waals surface area contributed by atoms with Crippen LogP contribution in [0.3, 0.4) is 0 Å². The molecule has 1 atom stereocenters. The fourth-order valence-electron chi connectivity index (χ4n) is 1.31. The third-order valence-corrected chi connectivity index (χ3v) is 2.66. The van der Waals surface area contributed by atoms with E-state index in [0.717, 1.165) is 6.42 Å². The van der Waals surface area contributed by atoms with Crippen LogP contribution in [0.15, 0.2) is 0 Å². The Morgan fingerprint density at radius 1 is 1.08 bits per heavy atom. The highest BCUT2D eigenvalue weighted by molar-refractivity contribution is 6.15. The van der Waals surface area contributed by atoms with E-state index in [1.165, 1.54) is 38.5 Å². The van der Waals surface area contributed by atoms with Crippen molar-refractivity contribution in [2.45, 2.75) is 64.2 Å². The minimum absolute atomic E-state index is 0.0895. The molecule has 1 unspecified atom stereocenters. The zero-order valence-corrected chi connectivity index (χ0v) is 9.03. The average molecular weight is 169 g/mol. The molecule has 0 heterocycles. The van der Waals surface area contributed by atoms with Crippen LogP contribution in [0.25, 0.3) is 0 Å². The molecule has 0 saturated carbocycles. The van der Waals surface area contributed by atoms with Crippen LogP contribution in [0.5, 0.6) is 0 Å². The van der Waals surface area contributed by atoms with Crippen molar-refractivity contribution in [3.05, 3.63) is 0 Å². The maximum atomic E-state index is 6.03. The molecule has 0 aliphatic heterocycles. The summed E-state index contributed by atoms with van der Waals surface area (Å²) in [6, 6.07) is 0. The molecule has 0 spiro atoms. The summed E-state index contributed by atoms with van der Waals surface area (Å²) in [5, 5.41) is 0. The van der Waals surface area contributed by atoms with Crippen LogP contribution in [0.2, 0.25) is 0 Å². The highest BCUT2D eigenvalue weighted by Gasteiger charge is 2.13. The molecule has 0 bridgehead atoms. The Morgan fingerprint density at radius 2 is 1.67 bits per heavy atom. The molecule has 0 amide bonds. The summed E-state index contributed by atoms with van der Waals surface area (Å²) in [6.07, 6.45) is 9.05. The van der Waals surface area contributed by atoms with Crippen LogP contribution < -0.4 is 5.73 Å². The van der Waals surface area contributed by atoms with E-state index in [9.17, 15) is 0 Å². The van der Waals surface area contributed by atoms with Crippen molar-refractivity contribution >= 4 is 7.85 Å². The maximum absolute atomic E-state index is 6.03. The number of hydrogen-bond acceptors (Lipinski definition) is 1. The van der Waals surface area contributed by atoms with E-state index < -0.39 is 0 Å². The van der Waals surface area contributed by atoms with Gasteiger partial charge in [-0.3, -0.25) is 0 Å². The zero-order valence-electron chi connectivity index (χ0n) is 9.03. The van der Waals surface area contributed by atoms with Crippen LogP contribution in [-0.4, -0.2) is 13.3 Å². The molecule has 72 valence electrons. The number of hydrogen-bond donors (Lipinski definition) is 1. The van der Waals surface area contributed by atoms with Crippen LogP contribution in [0.4, 0.5) is 0 Å². The van der Waals surface area contributed by atoms with Crippen molar-refractivity contribution in [1.29, 1.82) is 0 Å². The molecule has 2 N–H and O–H groups in total. The second-order valence-electron chi connectivity index (χ2n) is 4.17. The topological polar surface area (TPSA) is 26.0 Å². The first-order chi connectivity index (χ1) is 5.62. The molecule has 0 radical (unpaired) electrons. The molecule has 0 aliphatic rings. The Labute approximate surface area is 78.5 Å². The largest absolute Gasteiger partial charge is 0.332 e. The van der Waals surface area contributed by atoms with E-state index in [-0.39, 0.29) is 5.44 Å². The molecule has 2 heteroatoms. The summed E-state index contributed by atoms with van der Waals surface area (Å²) < 4.78 is 0. The second-order valence-corrected chi connectivity index (χ2v) is 4.17. The minimum Gasteiger partial charge on any atom is -0.332 e. The molecular formula is C10H24BN. The summed E-state index contributed by atoms with van der Waals surface area (Å²) in [5.74, 6) is 0. The molecule has 0 aromatic heterocycles. The van der Waals surface area contributed by atoms with E-state index >= 15 is 0 Å². The quantitative estimate of drug-likeness (QED) is 0.458. The maximum Gasteiger partial charge on any atom is 0.127 e. The predicted octanol–water partition coefficient (Wildman–Crippen LogP) is 2.04. The molecule has 0 aliphatic carbocycles. The lowest BCUT2D eigenvalue weighted by Crippen LogP contribution is -2.39. The van der Waals surface area contributed by atoms with Crippen LogP contribution in [-0.2, 0) is 0 Å². The first-order valence-corrected chi connectivity index (χ1v) is 5.41. The second kappa shape index (κ2) is 6.53. The average Bonchev–Trinajstić information content (AvgIpc) is 2.04. The normalized spacial score (nSPS) is 15.9. The lowest BCUT2D eigenvalue weighted by atomic mass is 9.73. The molecule has 12 heavy (non-hydrogen) atoms. The first kappa shape index (κ1) is 12.0. The molecule has 0 aromatic rings. The van der Waals surface area contributed by atoms with E-state index in [2.05, 4.69) is 21.7 Å². The Bertz CT molecular complexity index is 102. The zero-order chi connectivity index (χ0) is 9.45. The van der Waals surface area contributed by atoms with Crippen molar-refractivity contribution in [1.82, 2.24) is 0 Å². The van der Waals surface area contributed by atoms with Gasteiger partial charge >= 0.3 is 0 Å². The molecular weight excluding hydrogens is 145 g/mol. The predicted molar refractivity (Wildman–Crippen MR) is 59.1 cm³/mol. The lowest BCUT2D eigenvalue weighted by molar-refractivity contribution is 0.486. The van der Waals surface area contributed by atoms with Crippen molar-refractivity contribution in [2.24, 2.45) is 5.73 Å². The van der Waals surface area contributed by atoms with Crippen molar-refractivity contribution < 1.29 is 0 Å². The summed E-state index contributed by atoms with van der Waals surface area (Å²) in [4.78, 5) is 0. The summed E-state index contributed by atoms with van der Waals surface area (Å²) >= 11 is 0. The van der Waals surface area contributed by atoms with Gasteiger partial charge in [0.25, 0.3) is 0 Å². The summed E-state index contributed by atoms with van der Waals surface area (Å²) in [6.45, 7) is 4.42. The molecule has 0 saturated heterocycles. The van der Waals surface area contributed by atoms with Gasteiger partial charge in [0.05, 0.1) is 0 Å². The van der Waals surface area contributed by atoms with Gasteiger partial charge in [0, 0.05) is 0 Å². The Morgan fingerprint density at radius 3 is 2.17 bits per heavy atom. The highest BCUT2D eigenvalue weighted by atomic mass is 14.7. The smallest absolute Gasteiger partial charge is 0.127 e. The van der Waals surface area contributed by atoms with Crippen molar-refractivity contribution in [2.75, 3.05) is 0 Å². The van der Waals surface area contributed by atoms with Crippen molar-refractivity contribution in [3.63, 3.8) is 0 Å². The fraction of sp³-hybridized carbons (Fsp3) is 1.00. The fourth-order valence-corrected chi connectivity index (χ4v) is 1.31. The summed E-state index contributed by atoms with van der Waals surface area (Å²) in [7, 11) is 2.16. The lowest BCUT2D eigenvalue weighted by Gasteiger charge is -2.22. The monoisotopic (exact) mass is 169 g/mol. The van der Waals surface area contributed by atoms with Crippen LogP contribution >= 0.6 is 0 Å². The van der Waals surface area contributed by atoms with Gasteiger partial charge < -0.3 is 5.73 Å².